The SMILES string of the molecule is CCn1c2ccc(C=C3C(=NC)N(C)C(=NC)N3C)cc2c2cc(C(C)=NOC(C)=O)ccc21. The summed E-state index contributed by atoms with van der Waals surface area (Å²) < 4.78 is 2.31. The molecule has 2 heterocycles. The van der Waals surface area contributed by atoms with E-state index in [2.05, 4.69) is 67.9 Å². The first-order valence-electron chi connectivity index (χ1n) is 11.2. The molecule has 0 bridgehead atoms. The number of carbonyl (C=O) groups is 1. The van der Waals surface area contributed by atoms with Gasteiger partial charge in [0.15, 0.2) is 5.84 Å². The average Bonchev–Trinajstić information content (AvgIpc) is 3.26. The number of guanidine groups is 1. The molecule has 0 spiro atoms. The fourth-order valence-corrected chi connectivity index (χ4v) is 4.60. The quantitative estimate of drug-likeness (QED) is 0.331. The van der Waals surface area contributed by atoms with Crippen molar-refractivity contribution in [2.45, 2.75) is 27.3 Å². The first-order valence-corrected chi connectivity index (χ1v) is 11.2. The van der Waals surface area contributed by atoms with Gasteiger partial charge in [-0.3, -0.25) is 14.9 Å². The molecule has 8 nitrogen and oxygen atoms in total. The first-order chi connectivity index (χ1) is 16.3. The summed E-state index contributed by atoms with van der Waals surface area (Å²) in [5, 5.41) is 6.24. The van der Waals surface area contributed by atoms with Crippen molar-refractivity contribution in [1.29, 1.82) is 0 Å². The molecule has 1 aliphatic heterocycles. The number of amidine groups is 1. The predicted octanol–water partition coefficient (Wildman–Crippen LogP) is 4.33. The van der Waals surface area contributed by atoms with E-state index in [1.165, 1.54) is 12.4 Å². The summed E-state index contributed by atoms with van der Waals surface area (Å²) in [7, 11) is 7.56. The molecule has 0 N–H and O–H groups in total. The van der Waals surface area contributed by atoms with Crippen LogP contribution in [0.25, 0.3) is 27.9 Å². The highest BCUT2D eigenvalue weighted by Gasteiger charge is 2.31. The van der Waals surface area contributed by atoms with Crippen molar-refractivity contribution >= 4 is 51.4 Å². The molecule has 0 amide bonds. The Bertz CT molecular complexity index is 1410. The lowest BCUT2D eigenvalue weighted by Crippen LogP contribution is -2.29. The molecule has 1 saturated heterocycles. The van der Waals surface area contributed by atoms with E-state index in [4.69, 9.17) is 4.84 Å². The highest BCUT2D eigenvalue weighted by molar-refractivity contribution is 6.18. The second-order valence-electron chi connectivity index (χ2n) is 8.23. The van der Waals surface area contributed by atoms with Gasteiger partial charge in [0.25, 0.3) is 0 Å². The molecule has 0 aliphatic carbocycles. The van der Waals surface area contributed by atoms with Crippen molar-refractivity contribution in [3.63, 3.8) is 0 Å². The number of oxime groups is 1. The van der Waals surface area contributed by atoms with E-state index in [0.717, 1.165) is 51.5 Å². The summed E-state index contributed by atoms with van der Waals surface area (Å²) in [5.74, 6) is 1.29. The number of hydrogen-bond acceptors (Lipinski definition) is 5. The molecule has 2 aromatic carbocycles. The molecule has 0 saturated carbocycles. The van der Waals surface area contributed by atoms with Gasteiger partial charge in [0.05, 0.1) is 11.4 Å². The normalized spacial score (nSPS) is 18.3. The predicted molar refractivity (Wildman–Crippen MR) is 139 cm³/mol. The van der Waals surface area contributed by atoms with Crippen LogP contribution < -0.4 is 0 Å². The van der Waals surface area contributed by atoms with Crippen LogP contribution in [0, 0.1) is 0 Å². The molecule has 0 unspecified atom stereocenters. The van der Waals surface area contributed by atoms with Crippen molar-refractivity contribution in [2.75, 3.05) is 28.2 Å². The second-order valence-corrected chi connectivity index (χ2v) is 8.23. The number of carbonyl (C=O) groups excluding carboxylic acids is 1. The van der Waals surface area contributed by atoms with E-state index >= 15 is 0 Å². The number of aromatic nitrogens is 1. The Labute approximate surface area is 199 Å². The Morgan fingerprint density at radius 1 is 0.971 bits per heavy atom. The van der Waals surface area contributed by atoms with Gasteiger partial charge in [-0.2, -0.15) is 0 Å². The minimum absolute atomic E-state index is 0.436. The van der Waals surface area contributed by atoms with Gasteiger partial charge in [-0.1, -0.05) is 17.3 Å². The van der Waals surface area contributed by atoms with Crippen molar-refractivity contribution in [1.82, 2.24) is 14.4 Å². The molecule has 3 aromatic rings. The fourth-order valence-electron chi connectivity index (χ4n) is 4.60. The van der Waals surface area contributed by atoms with Gasteiger partial charge in [0.1, 0.15) is 0 Å². The molecule has 1 fully saturated rings. The summed E-state index contributed by atoms with van der Waals surface area (Å²) in [6, 6.07) is 12.7. The largest absolute Gasteiger partial charge is 0.341 e. The zero-order valence-corrected chi connectivity index (χ0v) is 20.7. The van der Waals surface area contributed by atoms with Crippen LogP contribution in [0.1, 0.15) is 31.9 Å². The zero-order chi connectivity index (χ0) is 24.6. The monoisotopic (exact) mass is 458 g/mol. The lowest BCUT2D eigenvalue weighted by Gasteiger charge is -2.13. The van der Waals surface area contributed by atoms with Crippen molar-refractivity contribution < 1.29 is 9.63 Å². The molecule has 34 heavy (non-hydrogen) atoms. The number of rotatable bonds is 4. The topological polar surface area (TPSA) is 74.8 Å². The number of aryl methyl sites for hydroxylation is 1. The smallest absolute Gasteiger partial charge is 0.331 e. The van der Waals surface area contributed by atoms with Gasteiger partial charge in [-0.15, -0.1) is 0 Å². The van der Waals surface area contributed by atoms with E-state index in [0.29, 0.717) is 5.71 Å². The number of nitrogens with zero attached hydrogens (tertiary/aromatic N) is 6. The maximum atomic E-state index is 11.2. The van der Waals surface area contributed by atoms with Crippen LogP contribution >= 0.6 is 0 Å². The molecular formula is C26H30N6O2. The van der Waals surface area contributed by atoms with Crippen LogP contribution in [0.15, 0.2) is 57.2 Å². The minimum Gasteiger partial charge on any atom is -0.341 e. The van der Waals surface area contributed by atoms with Gasteiger partial charge >= 0.3 is 5.97 Å². The van der Waals surface area contributed by atoms with E-state index in [-0.39, 0.29) is 0 Å². The molecule has 0 radical (unpaired) electrons. The molecule has 1 aliphatic rings. The number of likely N-dealkylation sites (N-methyl/N-ethyl adjacent to an activating group) is 2. The summed E-state index contributed by atoms with van der Waals surface area (Å²) in [6.45, 7) is 6.18. The highest BCUT2D eigenvalue weighted by Crippen LogP contribution is 2.32. The van der Waals surface area contributed by atoms with Gasteiger partial charge in [0, 0.05) is 63.5 Å². The van der Waals surface area contributed by atoms with Crippen LogP contribution in [0.4, 0.5) is 0 Å². The van der Waals surface area contributed by atoms with E-state index in [1.54, 1.807) is 14.1 Å². The Kier molecular flexibility index (Phi) is 6.24. The maximum absolute atomic E-state index is 11.2. The molecule has 176 valence electrons. The van der Waals surface area contributed by atoms with Crippen LogP contribution in [-0.4, -0.2) is 66.0 Å². The number of benzene rings is 2. The minimum atomic E-state index is -0.436. The number of aliphatic imine (C=N–C) groups is 2. The number of hydrogen-bond donors (Lipinski definition) is 0. The first kappa shape index (κ1) is 23.2. The molecule has 0 atom stereocenters. The standard InChI is InChI=1S/C26H30N6O2/c1-8-32-22-11-9-18(14-24-25(27-4)31(7)26(28-5)30(24)6)13-20(22)21-15-19(10-12-23(21)32)16(2)29-34-17(3)33/h9-15H,8H2,1-7H3. The van der Waals surface area contributed by atoms with Crippen molar-refractivity contribution in [2.24, 2.45) is 15.1 Å². The molecule has 1 aromatic heterocycles. The lowest BCUT2D eigenvalue weighted by molar-refractivity contribution is -0.140. The van der Waals surface area contributed by atoms with E-state index in [9.17, 15) is 4.79 Å². The fraction of sp³-hybridized carbons (Fsp3) is 0.308. The van der Waals surface area contributed by atoms with Crippen molar-refractivity contribution in [3.8, 4) is 0 Å². The van der Waals surface area contributed by atoms with Crippen LogP contribution in [0.3, 0.4) is 0 Å². The number of fused-ring (bicyclic) bond motifs is 3. The second kappa shape index (κ2) is 9.13. The van der Waals surface area contributed by atoms with Gasteiger partial charge < -0.3 is 14.3 Å². The van der Waals surface area contributed by atoms with Gasteiger partial charge in [-0.05, 0) is 55.3 Å². The molecular weight excluding hydrogens is 428 g/mol. The lowest BCUT2D eigenvalue weighted by atomic mass is 10.0. The Balaban J connectivity index is 1.88. The van der Waals surface area contributed by atoms with Crippen LogP contribution in [0.5, 0.6) is 0 Å². The maximum Gasteiger partial charge on any atom is 0.331 e. The zero-order valence-electron chi connectivity index (χ0n) is 20.7. The Hall–Kier alpha value is -3.94. The van der Waals surface area contributed by atoms with Gasteiger partial charge in [0.2, 0.25) is 5.96 Å². The third kappa shape index (κ3) is 3.85. The molecule has 8 heteroatoms. The van der Waals surface area contributed by atoms with E-state index in [1.807, 2.05) is 32.0 Å². The molecule has 4 rings (SSSR count). The highest BCUT2D eigenvalue weighted by atomic mass is 16.7. The third-order valence-electron chi connectivity index (χ3n) is 6.16. The Morgan fingerprint density at radius 3 is 2.26 bits per heavy atom. The summed E-state index contributed by atoms with van der Waals surface area (Å²) >= 11 is 0. The third-order valence-corrected chi connectivity index (χ3v) is 6.16. The summed E-state index contributed by atoms with van der Waals surface area (Å²) in [4.78, 5) is 28.9. The van der Waals surface area contributed by atoms with Crippen LogP contribution in [-0.2, 0) is 16.2 Å². The average molecular weight is 459 g/mol. The van der Waals surface area contributed by atoms with Gasteiger partial charge in [-0.25, -0.2) is 4.79 Å². The Morgan fingerprint density at radius 2 is 1.65 bits per heavy atom. The summed E-state index contributed by atoms with van der Waals surface area (Å²) in [5.41, 5.74) is 5.96. The van der Waals surface area contributed by atoms with E-state index < -0.39 is 5.97 Å². The van der Waals surface area contributed by atoms with Crippen molar-refractivity contribution in [3.05, 3.63) is 53.2 Å². The summed E-state index contributed by atoms with van der Waals surface area (Å²) in [6.07, 6.45) is 2.14. The van der Waals surface area contributed by atoms with Crippen LogP contribution in [0.2, 0.25) is 0 Å².